The lowest BCUT2D eigenvalue weighted by Gasteiger charge is -2.16. The Kier molecular flexibility index (Phi) is 9.12. The molecule has 0 N–H and O–H groups in total. The van der Waals surface area contributed by atoms with Gasteiger partial charge in [0.15, 0.2) is 0 Å². The van der Waals surface area contributed by atoms with Crippen LogP contribution in [0, 0.1) is 0 Å². The molecule has 0 atom stereocenters. The number of hydrogen-bond donors (Lipinski definition) is 0. The maximum absolute atomic E-state index is 12.3. The van der Waals surface area contributed by atoms with E-state index in [4.69, 9.17) is 46.4 Å². The summed E-state index contributed by atoms with van der Waals surface area (Å²) in [4.78, 5) is 25.8. The van der Waals surface area contributed by atoms with Gasteiger partial charge in [0.1, 0.15) is 0 Å². The minimum absolute atomic E-state index is 0.100. The van der Waals surface area contributed by atoms with Crippen LogP contribution in [0.5, 0.6) is 0 Å². The lowest BCUT2D eigenvalue weighted by atomic mass is 10.1. The molecule has 4 rings (SSSR count). The number of nitrogens with zero attached hydrogens (tertiary/aromatic N) is 1. The van der Waals surface area contributed by atoms with Crippen LogP contribution in [0.1, 0.15) is 31.8 Å². The third-order valence-electron chi connectivity index (χ3n) is 4.54. The fourth-order valence-electron chi connectivity index (χ4n) is 2.96. The summed E-state index contributed by atoms with van der Waals surface area (Å²) in [6.45, 7) is 0.100. The highest BCUT2D eigenvalue weighted by molar-refractivity contribution is 9.11. The highest BCUT2D eigenvalue weighted by Gasteiger charge is 2.35. The molecule has 0 saturated carbocycles. The topological polar surface area (TPSA) is 37.4 Å². The Morgan fingerprint density at radius 1 is 0.719 bits per heavy atom. The van der Waals surface area contributed by atoms with E-state index in [0.717, 1.165) is 15.4 Å². The van der Waals surface area contributed by atoms with E-state index in [0.29, 0.717) is 41.3 Å². The molecule has 1 aliphatic heterocycles. The third kappa shape index (κ3) is 5.72. The number of alkyl halides is 1. The average Bonchev–Trinajstić information content (AvgIpc) is 2.95. The number of halogens is 7. The van der Waals surface area contributed by atoms with Gasteiger partial charge in [-0.05, 0) is 42.0 Å². The van der Waals surface area contributed by atoms with Crippen molar-refractivity contribution in [2.75, 3.05) is 0 Å². The van der Waals surface area contributed by atoms with Crippen molar-refractivity contribution in [1.29, 1.82) is 0 Å². The first kappa shape index (κ1) is 26.0. The van der Waals surface area contributed by atoms with Gasteiger partial charge in [-0.1, -0.05) is 106 Å². The third-order valence-corrected chi connectivity index (χ3v) is 7.63. The van der Waals surface area contributed by atoms with Crippen molar-refractivity contribution in [3.8, 4) is 0 Å². The molecule has 3 aromatic rings. The number of rotatable bonds is 3. The molecule has 0 spiro atoms. The summed E-state index contributed by atoms with van der Waals surface area (Å²) in [5.74, 6) is -0.623. The second kappa shape index (κ2) is 11.2. The van der Waals surface area contributed by atoms with Crippen molar-refractivity contribution < 1.29 is 9.59 Å². The molecular weight excluding hydrogens is 692 g/mol. The maximum Gasteiger partial charge on any atom is 0.261 e. The van der Waals surface area contributed by atoms with E-state index in [-0.39, 0.29) is 18.4 Å². The Morgan fingerprint density at radius 3 is 1.56 bits per heavy atom. The standard InChI is InChI=1S/C15H8BrCl2NO2.C7H4Br2Cl2/c16-12-5-8(17)6-13(18)11(12)7-19-14(20)9-3-1-2-4-10(9)15(19)21;8-3-5-6(9)1-4(10)2-7(5)11/h1-6H,7H2;1-2H,3H2. The molecule has 10 heteroatoms. The van der Waals surface area contributed by atoms with Gasteiger partial charge in [-0.15, -0.1) is 0 Å². The highest BCUT2D eigenvalue weighted by Crippen LogP contribution is 2.33. The van der Waals surface area contributed by atoms with E-state index in [1.54, 1.807) is 42.5 Å². The van der Waals surface area contributed by atoms with Gasteiger partial charge in [0.25, 0.3) is 11.8 Å². The zero-order chi connectivity index (χ0) is 23.6. The van der Waals surface area contributed by atoms with Crippen LogP contribution in [0.4, 0.5) is 0 Å². The van der Waals surface area contributed by atoms with Gasteiger partial charge in [0.2, 0.25) is 0 Å². The van der Waals surface area contributed by atoms with Gasteiger partial charge >= 0.3 is 0 Å². The van der Waals surface area contributed by atoms with Gasteiger partial charge in [-0.25, -0.2) is 0 Å². The van der Waals surface area contributed by atoms with E-state index < -0.39 is 0 Å². The Balaban J connectivity index is 0.000000222. The molecule has 0 saturated heterocycles. The first-order valence-corrected chi connectivity index (χ1v) is 13.1. The minimum Gasteiger partial charge on any atom is -0.270 e. The van der Waals surface area contributed by atoms with Crippen LogP contribution in [0.15, 0.2) is 57.5 Å². The Bertz CT molecular complexity index is 1140. The van der Waals surface area contributed by atoms with Gasteiger partial charge in [-0.3, -0.25) is 14.5 Å². The molecule has 166 valence electrons. The normalized spacial score (nSPS) is 12.5. The SMILES string of the molecule is Clc1cc(Cl)c(CBr)c(Br)c1.O=C1c2ccccc2C(=O)N1Cc1c(Cl)cc(Cl)cc1Br. The molecule has 1 aliphatic rings. The number of imide groups is 1. The number of amides is 2. The number of carbonyl (C=O) groups excluding carboxylic acids is 2. The summed E-state index contributed by atoms with van der Waals surface area (Å²) in [5.41, 5.74) is 2.51. The Labute approximate surface area is 230 Å². The van der Waals surface area contributed by atoms with Crippen LogP contribution in [-0.4, -0.2) is 16.7 Å². The van der Waals surface area contributed by atoms with Crippen molar-refractivity contribution >= 4 is 106 Å². The molecule has 2 amide bonds. The number of hydrogen-bond acceptors (Lipinski definition) is 2. The first-order chi connectivity index (χ1) is 15.1. The molecule has 32 heavy (non-hydrogen) atoms. The second-order valence-electron chi connectivity index (χ2n) is 6.57. The largest absolute Gasteiger partial charge is 0.270 e. The molecular formula is C22H12Br3Cl4NO2. The van der Waals surface area contributed by atoms with E-state index in [1.165, 1.54) is 4.90 Å². The van der Waals surface area contributed by atoms with Gasteiger partial charge in [-0.2, -0.15) is 0 Å². The lowest BCUT2D eigenvalue weighted by molar-refractivity contribution is 0.0642. The predicted octanol–water partition coefficient (Wildman–Crippen LogP) is 9.20. The number of fused-ring (bicyclic) bond motifs is 1. The summed E-state index contributed by atoms with van der Waals surface area (Å²) < 4.78 is 1.60. The van der Waals surface area contributed by atoms with Crippen LogP contribution in [0.3, 0.4) is 0 Å². The van der Waals surface area contributed by atoms with Crippen molar-refractivity contribution in [1.82, 2.24) is 4.90 Å². The van der Waals surface area contributed by atoms with E-state index >= 15 is 0 Å². The van der Waals surface area contributed by atoms with E-state index in [1.807, 2.05) is 6.07 Å². The monoisotopic (exact) mass is 699 g/mol. The summed E-state index contributed by atoms with van der Waals surface area (Å²) in [7, 11) is 0. The Hall–Kier alpha value is -0.600. The van der Waals surface area contributed by atoms with Crippen molar-refractivity contribution in [2.24, 2.45) is 0 Å². The molecule has 0 bridgehead atoms. The molecule has 0 unspecified atom stereocenters. The number of benzene rings is 3. The lowest BCUT2D eigenvalue weighted by Crippen LogP contribution is -2.29. The minimum atomic E-state index is -0.312. The molecule has 0 radical (unpaired) electrons. The summed E-state index contributed by atoms with van der Waals surface area (Å²) >= 11 is 33.8. The number of carbonyl (C=O) groups is 2. The summed E-state index contributed by atoms with van der Waals surface area (Å²) in [6.07, 6.45) is 0. The van der Waals surface area contributed by atoms with Gasteiger partial charge in [0, 0.05) is 39.9 Å². The zero-order valence-corrected chi connectivity index (χ0v) is 23.7. The molecule has 3 aromatic carbocycles. The fraction of sp³-hybridized carbons (Fsp3) is 0.0909. The quantitative estimate of drug-likeness (QED) is 0.202. The fourth-order valence-corrected chi connectivity index (χ4v) is 6.90. The predicted molar refractivity (Wildman–Crippen MR) is 142 cm³/mol. The van der Waals surface area contributed by atoms with Gasteiger partial charge < -0.3 is 0 Å². The Morgan fingerprint density at radius 2 is 1.16 bits per heavy atom. The average molecular weight is 704 g/mol. The summed E-state index contributed by atoms with van der Waals surface area (Å²) in [6, 6.07) is 13.6. The van der Waals surface area contributed by atoms with Crippen molar-refractivity contribution in [2.45, 2.75) is 11.9 Å². The van der Waals surface area contributed by atoms with Gasteiger partial charge in [0.05, 0.1) is 17.7 Å². The maximum atomic E-state index is 12.3. The van der Waals surface area contributed by atoms with E-state index in [9.17, 15) is 9.59 Å². The van der Waals surface area contributed by atoms with Crippen LogP contribution in [0.2, 0.25) is 20.1 Å². The van der Waals surface area contributed by atoms with Crippen molar-refractivity contribution in [3.63, 3.8) is 0 Å². The molecule has 0 aromatic heterocycles. The van der Waals surface area contributed by atoms with Crippen LogP contribution in [0.25, 0.3) is 0 Å². The van der Waals surface area contributed by atoms with Crippen LogP contribution in [-0.2, 0) is 11.9 Å². The smallest absolute Gasteiger partial charge is 0.261 e. The van der Waals surface area contributed by atoms with E-state index in [2.05, 4.69) is 47.8 Å². The molecule has 0 fully saturated rings. The van der Waals surface area contributed by atoms with Crippen LogP contribution < -0.4 is 0 Å². The molecule has 0 aliphatic carbocycles. The van der Waals surface area contributed by atoms with Crippen molar-refractivity contribution in [3.05, 3.63) is 99.8 Å². The molecule has 3 nitrogen and oxygen atoms in total. The second-order valence-corrected chi connectivity index (χ2v) is 10.5. The first-order valence-electron chi connectivity index (χ1n) is 8.92. The zero-order valence-electron chi connectivity index (χ0n) is 15.9. The van der Waals surface area contributed by atoms with Crippen LogP contribution >= 0.6 is 94.2 Å². The highest BCUT2D eigenvalue weighted by atomic mass is 79.9. The summed E-state index contributed by atoms with van der Waals surface area (Å²) in [5, 5.41) is 2.94. The molecule has 1 heterocycles.